The highest BCUT2D eigenvalue weighted by molar-refractivity contribution is 6.02. The van der Waals surface area contributed by atoms with Crippen molar-refractivity contribution >= 4 is 29.1 Å². The van der Waals surface area contributed by atoms with Crippen molar-refractivity contribution in [3.05, 3.63) is 95.1 Å². The van der Waals surface area contributed by atoms with Crippen molar-refractivity contribution in [3.63, 3.8) is 0 Å². The van der Waals surface area contributed by atoms with E-state index in [0.717, 1.165) is 31.2 Å². The topological polar surface area (TPSA) is 81.8 Å². The molecule has 7 nitrogen and oxygen atoms in total. The monoisotopic (exact) mass is 546 g/mol. The Kier molecular flexibility index (Phi) is 8.38. The quantitative estimate of drug-likeness (QED) is 0.438. The lowest BCUT2D eigenvalue weighted by Crippen LogP contribution is -2.49. The first-order valence-corrected chi connectivity index (χ1v) is 13.6. The number of hydrogen-bond donors (Lipinski definition) is 2. The molecule has 40 heavy (non-hydrogen) atoms. The molecule has 3 aromatic carbocycles. The summed E-state index contributed by atoms with van der Waals surface area (Å²) in [6, 6.07) is 16.9. The van der Waals surface area contributed by atoms with Gasteiger partial charge in [0.2, 0.25) is 5.91 Å². The van der Waals surface area contributed by atoms with Crippen LogP contribution in [0.4, 0.5) is 20.2 Å². The molecule has 0 aromatic heterocycles. The summed E-state index contributed by atoms with van der Waals surface area (Å²) in [5.41, 5.74) is 2.69. The number of carbonyl (C=O) groups is 3. The van der Waals surface area contributed by atoms with Crippen LogP contribution in [0.1, 0.15) is 52.0 Å². The maximum atomic E-state index is 13.6. The minimum Gasteiger partial charge on any atom is -0.367 e. The van der Waals surface area contributed by atoms with Gasteiger partial charge >= 0.3 is 0 Å². The number of rotatable bonds is 7. The summed E-state index contributed by atoms with van der Waals surface area (Å²) in [4.78, 5) is 42.7. The Bertz CT molecular complexity index is 1380. The van der Waals surface area contributed by atoms with Crippen LogP contribution in [0, 0.1) is 17.6 Å². The van der Waals surface area contributed by atoms with E-state index < -0.39 is 5.82 Å². The number of nitrogens with one attached hydrogen (secondary N) is 2. The van der Waals surface area contributed by atoms with E-state index in [1.807, 2.05) is 11.0 Å². The lowest BCUT2D eigenvalue weighted by molar-refractivity contribution is -0.119. The Labute approximate surface area is 232 Å². The maximum absolute atomic E-state index is 13.6. The molecule has 0 unspecified atom stereocenters. The molecule has 0 spiro atoms. The number of nitrogens with zero attached hydrogens (tertiary/aromatic N) is 2. The minimum atomic E-state index is -0.458. The molecule has 0 atom stereocenters. The fourth-order valence-corrected chi connectivity index (χ4v) is 5.34. The van der Waals surface area contributed by atoms with E-state index in [9.17, 15) is 23.2 Å². The van der Waals surface area contributed by atoms with Gasteiger partial charge in [-0.15, -0.1) is 0 Å². The summed E-state index contributed by atoms with van der Waals surface area (Å²) in [7, 11) is 0. The lowest BCUT2D eigenvalue weighted by Gasteiger charge is -2.37. The van der Waals surface area contributed by atoms with Gasteiger partial charge in [0.05, 0.1) is 5.56 Å². The van der Waals surface area contributed by atoms with Crippen molar-refractivity contribution in [2.24, 2.45) is 5.92 Å². The molecule has 1 aliphatic heterocycles. The largest absolute Gasteiger partial charge is 0.367 e. The van der Waals surface area contributed by atoms with Crippen LogP contribution < -0.4 is 15.5 Å². The second-order valence-corrected chi connectivity index (χ2v) is 10.3. The van der Waals surface area contributed by atoms with Crippen LogP contribution in [0.3, 0.4) is 0 Å². The minimum absolute atomic E-state index is 0.0147. The highest BCUT2D eigenvalue weighted by atomic mass is 19.1. The number of piperazine rings is 1. The van der Waals surface area contributed by atoms with Gasteiger partial charge < -0.3 is 20.4 Å². The van der Waals surface area contributed by atoms with Crippen LogP contribution in [0.25, 0.3) is 0 Å². The normalized spacial score (nSPS) is 15.7. The third kappa shape index (κ3) is 6.47. The van der Waals surface area contributed by atoms with E-state index in [-0.39, 0.29) is 36.0 Å². The molecule has 9 heteroatoms. The van der Waals surface area contributed by atoms with E-state index in [1.165, 1.54) is 30.3 Å². The molecule has 0 radical (unpaired) electrons. The SMILES string of the molecule is O=C(NCc1ccc(F)cc1)c1cc(NC(=O)C2CCCC2)ccc1N1CCN(C(=O)c2cccc(F)c2)CC1. The lowest BCUT2D eigenvalue weighted by atomic mass is 10.1. The second kappa shape index (κ2) is 12.3. The molecule has 2 N–H and O–H groups in total. The highest BCUT2D eigenvalue weighted by Gasteiger charge is 2.27. The molecule has 208 valence electrons. The van der Waals surface area contributed by atoms with Gasteiger partial charge in [0.1, 0.15) is 11.6 Å². The zero-order valence-electron chi connectivity index (χ0n) is 22.2. The van der Waals surface area contributed by atoms with Gasteiger partial charge in [0, 0.05) is 55.6 Å². The Balaban J connectivity index is 1.32. The van der Waals surface area contributed by atoms with Crippen LogP contribution in [0.5, 0.6) is 0 Å². The average molecular weight is 547 g/mol. The number of halogens is 2. The van der Waals surface area contributed by atoms with E-state index in [0.29, 0.717) is 48.7 Å². The van der Waals surface area contributed by atoms with E-state index in [1.54, 1.807) is 35.2 Å². The number of hydrogen-bond acceptors (Lipinski definition) is 4. The first kappa shape index (κ1) is 27.3. The van der Waals surface area contributed by atoms with Gasteiger partial charge in [0.15, 0.2) is 0 Å². The van der Waals surface area contributed by atoms with Gasteiger partial charge in [-0.25, -0.2) is 8.78 Å². The van der Waals surface area contributed by atoms with Crippen LogP contribution in [0.2, 0.25) is 0 Å². The zero-order valence-corrected chi connectivity index (χ0v) is 22.2. The van der Waals surface area contributed by atoms with Crippen LogP contribution in [-0.2, 0) is 11.3 Å². The van der Waals surface area contributed by atoms with Crippen LogP contribution >= 0.6 is 0 Å². The molecule has 0 bridgehead atoms. The molecule has 2 fully saturated rings. The summed E-state index contributed by atoms with van der Waals surface area (Å²) in [6.07, 6.45) is 3.82. The number of amides is 3. The first-order valence-electron chi connectivity index (χ1n) is 13.6. The third-order valence-electron chi connectivity index (χ3n) is 7.58. The number of benzene rings is 3. The van der Waals surface area contributed by atoms with Crippen molar-refractivity contribution < 1.29 is 23.2 Å². The summed E-state index contributed by atoms with van der Waals surface area (Å²) in [5, 5.41) is 5.87. The molecule has 3 aromatic rings. The van der Waals surface area contributed by atoms with E-state index >= 15 is 0 Å². The average Bonchev–Trinajstić information content (AvgIpc) is 3.52. The second-order valence-electron chi connectivity index (χ2n) is 10.3. The van der Waals surface area contributed by atoms with Crippen molar-refractivity contribution in [2.75, 3.05) is 36.4 Å². The third-order valence-corrected chi connectivity index (χ3v) is 7.58. The van der Waals surface area contributed by atoms with Gasteiger partial charge in [-0.3, -0.25) is 14.4 Å². The highest BCUT2D eigenvalue weighted by Crippen LogP contribution is 2.29. The van der Waals surface area contributed by atoms with Gasteiger partial charge in [-0.05, 0) is 66.9 Å². The summed E-state index contributed by atoms with van der Waals surface area (Å²) < 4.78 is 26.9. The summed E-state index contributed by atoms with van der Waals surface area (Å²) in [5.74, 6) is -1.42. The van der Waals surface area contributed by atoms with Gasteiger partial charge in [-0.2, -0.15) is 0 Å². The summed E-state index contributed by atoms with van der Waals surface area (Å²) in [6.45, 7) is 1.99. The van der Waals surface area contributed by atoms with E-state index in [2.05, 4.69) is 10.6 Å². The maximum Gasteiger partial charge on any atom is 0.254 e. The predicted molar refractivity (Wildman–Crippen MR) is 149 cm³/mol. The first-order chi connectivity index (χ1) is 19.4. The molecule has 2 aliphatic rings. The van der Waals surface area contributed by atoms with Crippen molar-refractivity contribution in [2.45, 2.75) is 32.2 Å². The molecule has 1 saturated heterocycles. The van der Waals surface area contributed by atoms with Gasteiger partial charge in [-0.1, -0.05) is 31.0 Å². The van der Waals surface area contributed by atoms with Crippen molar-refractivity contribution in [1.82, 2.24) is 10.2 Å². The number of carbonyl (C=O) groups excluding carboxylic acids is 3. The van der Waals surface area contributed by atoms with Crippen LogP contribution in [-0.4, -0.2) is 48.8 Å². The fourth-order valence-electron chi connectivity index (χ4n) is 5.34. The Hall–Kier alpha value is -4.27. The smallest absolute Gasteiger partial charge is 0.254 e. The predicted octanol–water partition coefficient (Wildman–Crippen LogP) is 4.99. The molecular weight excluding hydrogens is 514 g/mol. The molecule has 1 aliphatic carbocycles. The molecule has 1 saturated carbocycles. The Morgan fingerprint density at radius 2 is 1.55 bits per heavy atom. The summed E-state index contributed by atoms with van der Waals surface area (Å²) >= 11 is 0. The molecule has 1 heterocycles. The molecular formula is C31H32F2N4O3. The fraction of sp³-hybridized carbons (Fsp3) is 0.323. The molecule has 3 amide bonds. The number of anilines is 2. The van der Waals surface area contributed by atoms with Crippen molar-refractivity contribution in [1.29, 1.82) is 0 Å². The standard InChI is InChI=1S/C31H32F2N4O3/c32-24-10-8-21(9-11-24)20-34-30(39)27-19-26(35-29(38)22-4-1-2-5-22)12-13-28(27)36-14-16-37(17-15-36)31(40)23-6-3-7-25(33)18-23/h3,6-13,18-19,22H,1-2,4-5,14-17,20H2,(H,34,39)(H,35,38). The Morgan fingerprint density at radius 1 is 0.825 bits per heavy atom. The van der Waals surface area contributed by atoms with Crippen molar-refractivity contribution in [3.8, 4) is 0 Å². The Morgan fingerprint density at radius 3 is 2.25 bits per heavy atom. The molecule has 5 rings (SSSR count). The van der Waals surface area contributed by atoms with E-state index in [4.69, 9.17) is 0 Å². The zero-order chi connectivity index (χ0) is 28.1. The van der Waals surface area contributed by atoms with Gasteiger partial charge in [0.25, 0.3) is 11.8 Å². The van der Waals surface area contributed by atoms with Crippen LogP contribution in [0.15, 0.2) is 66.7 Å².